The fourth-order valence-electron chi connectivity index (χ4n) is 3.34. The van der Waals surface area contributed by atoms with E-state index in [1.165, 1.54) is 6.07 Å². The van der Waals surface area contributed by atoms with E-state index in [2.05, 4.69) is 9.84 Å². The van der Waals surface area contributed by atoms with Crippen LogP contribution in [0.2, 0.25) is 0 Å². The molecule has 1 unspecified atom stereocenters. The van der Waals surface area contributed by atoms with Gasteiger partial charge in [-0.3, -0.25) is 14.4 Å². The van der Waals surface area contributed by atoms with Crippen LogP contribution in [-0.4, -0.2) is 45.7 Å². The highest BCUT2D eigenvalue weighted by molar-refractivity contribution is 5.70. The summed E-state index contributed by atoms with van der Waals surface area (Å²) in [5.74, 6) is -0.829. The summed E-state index contributed by atoms with van der Waals surface area (Å²) in [6.45, 7) is -1.81. The minimum absolute atomic E-state index is 0.0108. The topological polar surface area (TPSA) is 86.1 Å². The van der Waals surface area contributed by atoms with Crippen molar-refractivity contribution in [2.75, 3.05) is 13.3 Å². The molecule has 1 aromatic heterocycles. The predicted octanol–water partition coefficient (Wildman–Crippen LogP) is 1.93. The molecule has 8 nitrogen and oxygen atoms in total. The second kappa shape index (κ2) is 7.03. The standard InChI is InChI=1S/C17H17F2N3O5/c18-17(19)27-13-4-15-14(25-9-26-15)3-10(13)5-21-6-11(16(23)24)7-22-12(8-21)1-2-20-22/h1-4,11,17H,5-9H2,(H,23,24). The van der Waals surface area contributed by atoms with E-state index in [9.17, 15) is 18.7 Å². The molecule has 0 bridgehead atoms. The first-order valence-electron chi connectivity index (χ1n) is 8.33. The van der Waals surface area contributed by atoms with Crippen molar-refractivity contribution in [2.24, 2.45) is 5.92 Å². The van der Waals surface area contributed by atoms with Crippen molar-refractivity contribution in [3.8, 4) is 17.2 Å². The first kappa shape index (κ1) is 17.5. The van der Waals surface area contributed by atoms with E-state index in [4.69, 9.17) is 9.47 Å². The molecule has 10 heteroatoms. The molecule has 1 N–H and O–H groups in total. The average Bonchev–Trinajstić information content (AvgIpc) is 3.19. The number of carbonyl (C=O) groups is 1. The number of halogens is 2. The van der Waals surface area contributed by atoms with Crippen molar-refractivity contribution in [1.29, 1.82) is 0 Å². The number of benzene rings is 1. The van der Waals surface area contributed by atoms with Crippen LogP contribution in [0.5, 0.6) is 17.2 Å². The van der Waals surface area contributed by atoms with Gasteiger partial charge >= 0.3 is 12.6 Å². The maximum atomic E-state index is 12.8. The second-order valence-electron chi connectivity index (χ2n) is 6.40. The number of ether oxygens (including phenoxy) is 3. The molecule has 1 aromatic carbocycles. The van der Waals surface area contributed by atoms with Gasteiger partial charge in [-0.1, -0.05) is 0 Å². The minimum atomic E-state index is -2.98. The largest absolute Gasteiger partial charge is 0.481 e. The van der Waals surface area contributed by atoms with Crippen molar-refractivity contribution in [3.63, 3.8) is 0 Å². The van der Waals surface area contributed by atoms with Crippen LogP contribution in [0.4, 0.5) is 8.78 Å². The monoisotopic (exact) mass is 381 g/mol. The number of hydrogen-bond acceptors (Lipinski definition) is 6. The summed E-state index contributed by atoms with van der Waals surface area (Å²) >= 11 is 0. The van der Waals surface area contributed by atoms with Gasteiger partial charge in [0.2, 0.25) is 6.79 Å². The van der Waals surface area contributed by atoms with Crippen LogP contribution in [0.1, 0.15) is 11.3 Å². The average molecular weight is 381 g/mol. The third-order valence-corrected chi connectivity index (χ3v) is 4.58. The van der Waals surface area contributed by atoms with E-state index in [0.717, 1.165) is 5.69 Å². The zero-order valence-corrected chi connectivity index (χ0v) is 14.2. The third-order valence-electron chi connectivity index (χ3n) is 4.58. The van der Waals surface area contributed by atoms with Gasteiger partial charge in [0.15, 0.2) is 11.5 Å². The van der Waals surface area contributed by atoms with Crippen LogP contribution in [0.25, 0.3) is 0 Å². The molecule has 144 valence electrons. The number of fused-ring (bicyclic) bond motifs is 2. The quantitative estimate of drug-likeness (QED) is 0.847. The zero-order valence-electron chi connectivity index (χ0n) is 14.2. The molecule has 0 radical (unpaired) electrons. The molecule has 0 spiro atoms. The highest BCUT2D eigenvalue weighted by atomic mass is 19.3. The third kappa shape index (κ3) is 3.65. The fourth-order valence-corrected chi connectivity index (χ4v) is 3.34. The Morgan fingerprint density at radius 1 is 1.33 bits per heavy atom. The lowest BCUT2D eigenvalue weighted by molar-refractivity contribution is -0.142. The maximum absolute atomic E-state index is 12.8. The van der Waals surface area contributed by atoms with E-state index in [1.807, 2.05) is 11.0 Å². The molecule has 0 saturated carbocycles. The van der Waals surface area contributed by atoms with Gasteiger partial charge in [0, 0.05) is 37.5 Å². The number of alkyl halides is 2. The summed E-state index contributed by atoms with van der Waals surface area (Å²) in [5.41, 5.74) is 1.33. The van der Waals surface area contributed by atoms with Gasteiger partial charge in [-0.15, -0.1) is 0 Å². The predicted molar refractivity (Wildman–Crippen MR) is 86.7 cm³/mol. The first-order chi connectivity index (χ1) is 13.0. The Labute approximate surface area is 152 Å². The Morgan fingerprint density at radius 3 is 2.85 bits per heavy atom. The SMILES string of the molecule is O=C(O)C1CN(Cc2cc3c(cc2OC(F)F)OCO3)Cc2ccnn2C1. The molecule has 3 heterocycles. The molecule has 27 heavy (non-hydrogen) atoms. The van der Waals surface area contributed by atoms with Crippen LogP contribution >= 0.6 is 0 Å². The summed E-state index contributed by atoms with van der Waals surface area (Å²) in [5, 5.41) is 13.6. The van der Waals surface area contributed by atoms with E-state index in [1.54, 1.807) is 16.9 Å². The molecular weight excluding hydrogens is 364 g/mol. The van der Waals surface area contributed by atoms with Crippen LogP contribution in [0, 0.1) is 5.92 Å². The number of hydrogen-bond donors (Lipinski definition) is 1. The normalized spacial score (nSPS) is 19.0. The molecule has 2 aliphatic heterocycles. The van der Waals surface area contributed by atoms with Gasteiger partial charge in [0.05, 0.1) is 18.2 Å². The van der Waals surface area contributed by atoms with E-state index in [0.29, 0.717) is 23.6 Å². The number of aromatic nitrogens is 2. The van der Waals surface area contributed by atoms with Crippen molar-refractivity contribution in [1.82, 2.24) is 14.7 Å². The van der Waals surface area contributed by atoms with E-state index < -0.39 is 18.5 Å². The molecule has 0 aliphatic carbocycles. The number of carboxylic acids is 1. The van der Waals surface area contributed by atoms with Gasteiger partial charge in [-0.2, -0.15) is 13.9 Å². The lowest BCUT2D eigenvalue weighted by Crippen LogP contribution is -2.32. The van der Waals surface area contributed by atoms with Gasteiger partial charge in [-0.25, -0.2) is 0 Å². The zero-order chi connectivity index (χ0) is 19.0. The highest BCUT2D eigenvalue weighted by Gasteiger charge is 2.29. The van der Waals surface area contributed by atoms with Crippen molar-refractivity contribution in [3.05, 3.63) is 35.7 Å². The molecular formula is C17H17F2N3O5. The van der Waals surface area contributed by atoms with Gasteiger partial charge in [0.1, 0.15) is 5.75 Å². The Hall–Kier alpha value is -2.88. The van der Waals surface area contributed by atoms with Gasteiger partial charge in [-0.05, 0) is 12.1 Å². The molecule has 2 aliphatic rings. The van der Waals surface area contributed by atoms with Crippen LogP contribution in [-0.2, 0) is 24.4 Å². The van der Waals surface area contributed by atoms with Crippen LogP contribution in [0.15, 0.2) is 24.4 Å². The van der Waals surface area contributed by atoms with E-state index in [-0.39, 0.29) is 32.2 Å². The minimum Gasteiger partial charge on any atom is -0.481 e. The molecule has 4 rings (SSSR count). The van der Waals surface area contributed by atoms with Gasteiger partial charge < -0.3 is 19.3 Å². The molecule has 0 amide bonds. The Balaban J connectivity index is 1.63. The summed E-state index contributed by atoms with van der Waals surface area (Å²) in [6, 6.07) is 4.78. The van der Waals surface area contributed by atoms with Crippen LogP contribution in [0.3, 0.4) is 0 Å². The van der Waals surface area contributed by atoms with Crippen molar-refractivity contribution in [2.45, 2.75) is 26.2 Å². The Bertz CT molecular complexity index is 857. The highest BCUT2D eigenvalue weighted by Crippen LogP contribution is 2.39. The lowest BCUT2D eigenvalue weighted by Gasteiger charge is -2.23. The van der Waals surface area contributed by atoms with Crippen molar-refractivity contribution < 1.29 is 32.9 Å². The molecule has 2 aromatic rings. The summed E-state index contributed by atoms with van der Waals surface area (Å²) in [4.78, 5) is 13.4. The second-order valence-corrected chi connectivity index (χ2v) is 6.40. The van der Waals surface area contributed by atoms with Crippen LogP contribution < -0.4 is 14.2 Å². The van der Waals surface area contributed by atoms with Crippen molar-refractivity contribution >= 4 is 5.97 Å². The number of carboxylic acid groups (broad SMARTS) is 1. The summed E-state index contributed by atoms with van der Waals surface area (Å²) in [7, 11) is 0. The smallest absolute Gasteiger partial charge is 0.387 e. The van der Waals surface area contributed by atoms with E-state index >= 15 is 0 Å². The summed E-state index contributed by atoms with van der Waals surface area (Å²) in [6.07, 6.45) is 1.61. The fraction of sp³-hybridized carbons (Fsp3) is 0.412. The summed E-state index contributed by atoms with van der Waals surface area (Å²) < 4.78 is 42.5. The number of nitrogens with zero attached hydrogens (tertiary/aromatic N) is 3. The molecule has 1 atom stereocenters. The maximum Gasteiger partial charge on any atom is 0.387 e. The number of aliphatic carboxylic acids is 1. The molecule has 0 saturated heterocycles. The van der Waals surface area contributed by atoms with Gasteiger partial charge in [0.25, 0.3) is 0 Å². The molecule has 0 fully saturated rings. The number of rotatable bonds is 5. The Morgan fingerprint density at radius 2 is 2.11 bits per heavy atom. The Kier molecular flexibility index (Phi) is 4.56. The lowest BCUT2D eigenvalue weighted by atomic mass is 10.1. The first-order valence-corrected chi connectivity index (χ1v) is 8.33.